The number of nitrogens with two attached hydrogens (primary N) is 1. The molecule has 3 heteroatoms. The first-order valence-corrected chi connectivity index (χ1v) is 6.49. The van der Waals surface area contributed by atoms with Crippen molar-refractivity contribution in [1.82, 2.24) is 5.32 Å². The standard InChI is InChI=1S/C15H24N2O/c1-10-7-12(3)14(8-11(10)2)5-6-17-15(18)9-13(4)16/h7-8,13H,5-6,9,16H2,1-4H3,(H,17,18). The van der Waals surface area contributed by atoms with Crippen LogP contribution in [0.4, 0.5) is 0 Å². The Labute approximate surface area is 110 Å². The van der Waals surface area contributed by atoms with Crippen LogP contribution in [0.1, 0.15) is 35.6 Å². The largest absolute Gasteiger partial charge is 0.356 e. The van der Waals surface area contributed by atoms with Crippen molar-refractivity contribution in [3.8, 4) is 0 Å². The average molecular weight is 248 g/mol. The molecule has 3 N–H and O–H groups in total. The first kappa shape index (κ1) is 14.7. The molecular weight excluding hydrogens is 224 g/mol. The molecule has 1 unspecified atom stereocenters. The Morgan fingerprint density at radius 2 is 1.83 bits per heavy atom. The van der Waals surface area contributed by atoms with E-state index in [0.717, 1.165) is 6.42 Å². The number of carbonyl (C=O) groups is 1. The monoisotopic (exact) mass is 248 g/mol. The van der Waals surface area contributed by atoms with E-state index < -0.39 is 0 Å². The summed E-state index contributed by atoms with van der Waals surface area (Å²) in [6.07, 6.45) is 1.27. The normalized spacial score (nSPS) is 12.3. The molecular formula is C15H24N2O. The van der Waals surface area contributed by atoms with E-state index >= 15 is 0 Å². The lowest BCUT2D eigenvalue weighted by Crippen LogP contribution is -2.31. The van der Waals surface area contributed by atoms with Crippen LogP contribution in [0, 0.1) is 20.8 Å². The van der Waals surface area contributed by atoms with Gasteiger partial charge in [0.1, 0.15) is 0 Å². The Kier molecular flexibility index (Phi) is 5.35. The third-order valence-electron chi connectivity index (χ3n) is 3.18. The van der Waals surface area contributed by atoms with E-state index in [-0.39, 0.29) is 11.9 Å². The number of rotatable bonds is 5. The van der Waals surface area contributed by atoms with Gasteiger partial charge in [-0.1, -0.05) is 12.1 Å². The van der Waals surface area contributed by atoms with Crippen LogP contribution < -0.4 is 11.1 Å². The number of hydrogen-bond donors (Lipinski definition) is 2. The molecule has 0 radical (unpaired) electrons. The maximum absolute atomic E-state index is 11.5. The van der Waals surface area contributed by atoms with Crippen molar-refractivity contribution in [1.29, 1.82) is 0 Å². The topological polar surface area (TPSA) is 55.1 Å². The molecule has 1 amide bonds. The van der Waals surface area contributed by atoms with Gasteiger partial charge in [-0.2, -0.15) is 0 Å². The predicted molar refractivity (Wildman–Crippen MR) is 75.6 cm³/mol. The second-order valence-electron chi connectivity index (χ2n) is 5.14. The Balaban J connectivity index is 2.49. The summed E-state index contributed by atoms with van der Waals surface area (Å²) in [5, 5.41) is 2.90. The van der Waals surface area contributed by atoms with E-state index in [1.165, 1.54) is 22.3 Å². The summed E-state index contributed by atoms with van der Waals surface area (Å²) in [5.74, 6) is 0.0338. The number of carbonyl (C=O) groups excluding carboxylic acids is 1. The van der Waals surface area contributed by atoms with Gasteiger partial charge in [-0.3, -0.25) is 4.79 Å². The van der Waals surface area contributed by atoms with E-state index in [9.17, 15) is 4.79 Å². The smallest absolute Gasteiger partial charge is 0.221 e. The minimum Gasteiger partial charge on any atom is -0.356 e. The Hall–Kier alpha value is -1.35. The maximum Gasteiger partial charge on any atom is 0.221 e. The fraction of sp³-hybridized carbons (Fsp3) is 0.533. The summed E-state index contributed by atoms with van der Waals surface area (Å²) in [5.41, 5.74) is 10.8. The summed E-state index contributed by atoms with van der Waals surface area (Å²) >= 11 is 0. The van der Waals surface area contributed by atoms with Crippen LogP contribution in [0.5, 0.6) is 0 Å². The summed E-state index contributed by atoms with van der Waals surface area (Å²) in [6.45, 7) is 8.87. The zero-order valence-corrected chi connectivity index (χ0v) is 11.8. The van der Waals surface area contributed by atoms with Crippen molar-refractivity contribution in [2.45, 2.75) is 46.6 Å². The first-order chi connectivity index (χ1) is 8.40. The highest BCUT2D eigenvalue weighted by Crippen LogP contribution is 2.15. The third-order valence-corrected chi connectivity index (χ3v) is 3.18. The van der Waals surface area contributed by atoms with Crippen LogP contribution in [0.3, 0.4) is 0 Å². The molecule has 1 rings (SSSR count). The zero-order chi connectivity index (χ0) is 13.7. The van der Waals surface area contributed by atoms with Gasteiger partial charge in [-0.05, 0) is 56.4 Å². The highest BCUT2D eigenvalue weighted by molar-refractivity contribution is 5.76. The molecule has 1 atom stereocenters. The van der Waals surface area contributed by atoms with Gasteiger partial charge in [-0.15, -0.1) is 0 Å². The quantitative estimate of drug-likeness (QED) is 0.837. The molecule has 18 heavy (non-hydrogen) atoms. The van der Waals surface area contributed by atoms with Crippen LogP contribution in [-0.4, -0.2) is 18.5 Å². The fourth-order valence-electron chi connectivity index (χ4n) is 1.99. The molecule has 1 aromatic rings. The second-order valence-corrected chi connectivity index (χ2v) is 5.14. The van der Waals surface area contributed by atoms with E-state index in [2.05, 4.69) is 38.2 Å². The van der Waals surface area contributed by atoms with Gasteiger partial charge >= 0.3 is 0 Å². The van der Waals surface area contributed by atoms with Gasteiger partial charge in [0.05, 0.1) is 0 Å². The van der Waals surface area contributed by atoms with Crippen LogP contribution in [0.25, 0.3) is 0 Å². The van der Waals surface area contributed by atoms with Crippen molar-refractivity contribution in [3.63, 3.8) is 0 Å². The number of benzene rings is 1. The minimum atomic E-state index is -0.0756. The summed E-state index contributed by atoms with van der Waals surface area (Å²) < 4.78 is 0. The lowest BCUT2D eigenvalue weighted by atomic mass is 9.99. The highest BCUT2D eigenvalue weighted by Gasteiger charge is 2.05. The molecule has 0 saturated heterocycles. The van der Waals surface area contributed by atoms with Crippen LogP contribution in [0.2, 0.25) is 0 Å². The van der Waals surface area contributed by atoms with Crippen LogP contribution >= 0.6 is 0 Å². The van der Waals surface area contributed by atoms with Crippen molar-refractivity contribution in [3.05, 3.63) is 34.4 Å². The average Bonchev–Trinajstić information content (AvgIpc) is 2.24. The summed E-state index contributed by atoms with van der Waals surface area (Å²) in [6, 6.07) is 4.34. The Morgan fingerprint density at radius 3 is 2.44 bits per heavy atom. The summed E-state index contributed by atoms with van der Waals surface area (Å²) in [4.78, 5) is 11.5. The molecule has 0 aromatic heterocycles. The van der Waals surface area contributed by atoms with Crippen molar-refractivity contribution in [2.75, 3.05) is 6.54 Å². The highest BCUT2D eigenvalue weighted by atomic mass is 16.1. The van der Waals surface area contributed by atoms with Crippen molar-refractivity contribution in [2.24, 2.45) is 5.73 Å². The molecule has 3 nitrogen and oxygen atoms in total. The number of hydrogen-bond acceptors (Lipinski definition) is 2. The van der Waals surface area contributed by atoms with Gasteiger partial charge in [0.15, 0.2) is 0 Å². The van der Waals surface area contributed by atoms with Gasteiger partial charge < -0.3 is 11.1 Å². The molecule has 0 aliphatic heterocycles. The van der Waals surface area contributed by atoms with Gasteiger partial charge in [0.2, 0.25) is 5.91 Å². The first-order valence-electron chi connectivity index (χ1n) is 6.49. The lowest BCUT2D eigenvalue weighted by Gasteiger charge is -2.11. The third kappa shape index (κ3) is 4.49. The van der Waals surface area contributed by atoms with E-state index in [1.807, 2.05) is 6.92 Å². The minimum absolute atomic E-state index is 0.0338. The molecule has 0 saturated carbocycles. The van der Waals surface area contributed by atoms with E-state index in [4.69, 9.17) is 5.73 Å². The van der Waals surface area contributed by atoms with Crippen LogP contribution in [0.15, 0.2) is 12.1 Å². The molecule has 1 aromatic carbocycles. The second kappa shape index (κ2) is 6.55. The molecule has 100 valence electrons. The van der Waals surface area contributed by atoms with Gasteiger partial charge in [0, 0.05) is 19.0 Å². The number of aryl methyl sites for hydroxylation is 3. The Bertz CT molecular complexity index is 425. The zero-order valence-electron chi connectivity index (χ0n) is 11.8. The molecule has 0 aliphatic carbocycles. The number of nitrogens with one attached hydrogen (secondary N) is 1. The number of amides is 1. The van der Waals surface area contributed by atoms with Crippen molar-refractivity contribution >= 4 is 5.91 Å². The molecule has 0 fully saturated rings. The summed E-state index contributed by atoms with van der Waals surface area (Å²) in [7, 11) is 0. The van der Waals surface area contributed by atoms with Gasteiger partial charge in [-0.25, -0.2) is 0 Å². The Morgan fingerprint density at radius 1 is 1.22 bits per heavy atom. The van der Waals surface area contributed by atoms with E-state index in [0.29, 0.717) is 13.0 Å². The lowest BCUT2D eigenvalue weighted by molar-refractivity contribution is -0.121. The molecule has 0 heterocycles. The van der Waals surface area contributed by atoms with Crippen LogP contribution in [-0.2, 0) is 11.2 Å². The van der Waals surface area contributed by atoms with Crippen molar-refractivity contribution < 1.29 is 4.79 Å². The molecule has 0 aliphatic rings. The SMILES string of the molecule is Cc1cc(C)c(CCNC(=O)CC(C)N)cc1C. The van der Waals surface area contributed by atoms with Gasteiger partial charge in [0.25, 0.3) is 0 Å². The molecule has 0 bridgehead atoms. The van der Waals surface area contributed by atoms with E-state index in [1.54, 1.807) is 0 Å². The fourth-order valence-corrected chi connectivity index (χ4v) is 1.99. The predicted octanol–water partition coefficient (Wildman–Crippen LogP) is 2.01. The molecule has 0 spiro atoms. The maximum atomic E-state index is 11.5.